The summed E-state index contributed by atoms with van der Waals surface area (Å²) in [6.45, 7) is 0. The van der Waals surface area contributed by atoms with Crippen molar-refractivity contribution in [1.82, 2.24) is 14.4 Å². The smallest absolute Gasteiger partial charge is 0.237 e. The molecule has 0 aliphatic heterocycles. The van der Waals surface area contributed by atoms with Crippen LogP contribution >= 0.6 is 22.6 Å². The van der Waals surface area contributed by atoms with Gasteiger partial charge < -0.3 is 0 Å². The number of hydrazone groups is 1. The number of nitrogens with zero attached hydrogens (tertiary/aromatic N) is 6. The highest BCUT2D eigenvalue weighted by molar-refractivity contribution is 14.1. The Morgan fingerprint density at radius 2 is 1.91 bits per heavy atom. The van der Waals surface area contributed by atoms with Crippen LogP contribution in [0.1, 0.15) is 0 Å². The number of hydrogen-bond acceptors (Lipinski definition) is 6. The van der Waals surface area contributed by atoms with Crippen LogP contribution < -0.4 is 5.43 Å². The van der Waals surface area contributed by atoms with Crippen LogP contribution in [-0.4, -0.2) is 20.1 Å². The van der Waals surface area contributed by atoms with E-state index in [0.717, 1.165) is 14.8 Å². The highest BCUT2D eigenvalue weighted by atomic mass is 127. The van der Waals surface area contributed by atoms with Crippen LogP contribution in [0, 0.1) is 26.2 Å². The molecule has 23 heavy (non-hydrogen) atoms. The normalized spacial score (nSPS) is 9.87. The lowest BCUT2D eigenvalue weighted by atomic mass is 10.1. The van der Waals surface area contributed by atoms with Crippen molar-refractivity contribution in [3.63, 3.8) is 0 Å². The number of hydrogen-bond donors (Lipinski definition) is 1. The lowest BCUT2D eigenvalue weighted by Gasteiger charge is -2.01. The maximum Gasteiger partial charge on any atom is 0.237 e. The average Bonchev–Trinajstić information content (AvgIpc) is 2.99. The number of nitriles is 2. The van der Waals surface area contributed by atoms with E-state index in [4.69, 9.17) is 10.5 Å². The summed E-state index contributed by atoms with van der Waals surface area (Å²) in [5.41, 5.74) is 4.85. The summed E-state index contributed by atoms with van der Waals surface area (Å²) in [6, 6.07) is 10.7. The van der Waals surface area contributed by atoms with E-state index >= 15 is 0 Å². The Kier molecular flexibility index (Phi) is 4.17. The van der Waals surface area contributed by atoms with Crippen LogP contribution in [0.3, 0.4) is 0 Å². The third kappa shape index (κ3) is 3.27. The fourth-order valence-electron chi connectivity index (χ4n) is 1.91. The van der Waals surface area contributed by atoms with Crippen molar-refractivity contribution in [2.75, 3.05) is 5.43 Å². The van der Waals surface area contributed by atoms with Gasteiger partial charge in [-0.2, -0.15) is 15.6 Å². The standard InChI is InChI=1S/C15H8IN7/c16-11-7-19-15-20-14(9-23(15)8-11)10-1-3-12(4-2-10)21-22-13(5-17)6-18/h1-4,7-9,21H. The summed E-state index contributed by atoms with van der Waals surface area (Å²) >= 11 is 2.20. The molecule has 1 N–H and O–H groups in total. The van der Waals surface area contributed by atoms with Crippen molar-refractivity contribution in [3.8, 4) is 23.4 Å². The second-order valence-corrected chi connectivity index (χ2v) is 5.72. The quantitative estimate of drug-likeness (QED) is 0.404. The molecule has 0 bridgehead atoms. The molecule has 0 fully saturated rings. The summed E-state index contributed by atoms with van der Waals surface area (Å²) in [5.74, 6) is 0.639. The van der Waals surface area contributed by atoms with E-state index in [1.165, 1.54) is 0 Å². The Labute approximate surface area is 145 Å². The number of anilines is 1. The second-order valence-electron chi connectivity index (χ2n) is 4.48. The number of nitrogens with one attached hydrogen (secondary N) is 1. The highest BCUT2D eigenvalue weighted by Crippen LogP contribution is 2.21. The van der Waals surface area contributed by atoms with Crippen LogP contribution in [0.4, 0.5) is 5.69 Å². The van der Waals surface area contributed by atoms with E-state index in [0.29, 0.717) is 11.5 Å². The van der Waals surface area contributed by atoms with Crippen LogP contribution in [0.15, 0.2) is 48.0 Å². The molecule has 1 aromatic carbocycles. The molecular weight excluding hydrogens is 405 g/mol. The van der Waals surface area contributed by atoms with Crippen LogP contribution in [0.2, 0.25) is 0 Å². The summed E-state index contributed by atoms with van der Waals surface area (Å²) in [5, 5.41) is 20.9. The van der Waals surface area contributed by atoms with Gasteiger partial charge in [-0.3, -0.25) is 9.83 Å². The lowest BCUT2D eigenvalue weighted by molar-refractivity contribution is 1.09. The SMILES string of the molecule is N#CC(C#N)=NNc1ccc(-c2cn3cc(I)cnc3n2)cc1. The molecule has 3 rings (SSSR count). The monoisotopic (exact) mass is 413 g/mol. The third-order valence-electron chi connectivity index (χ3n) is 2.97. The van der Waals surface area contributed by atoms with Crippen LogP contribution in [0.25, 0.3) is 17.0 Å². The van der Waals surface area contributed by atoms with Crippen LogP contribution in [-0.2, 0) is 0 Å². The first kappa shape index (κ1) is 14.9. The van der Waals surface area contributed by atoms with E-state index < -0.39 is 0 Å². The molecule has 3 aromatic rings. The van der Waals surface area contributed by atoms with Gasteiger partial charge in [-0.1, -0.05) is 12.1 Å². The molecule has 0 amide bonds. The van der Waals surface area contributed by atoms with Gasteiger partial charge in [0, 0.05) is 27.7 Å². The predicted octanol–water partition coefficient (Wildman–Crippen LogP) is 2.82. The molecule has 7 nitrogen and oxygen atoms in total. The molecule has 0 saturated heterocycles. The molecule has 0 aliphatic carbocycles. The van der Waals surface area contributed by atoms with E-state index in [-0.39, 0.29) is 5.71 Å². The Morgan fingerprint density at radius 3 is 2.61 bits per heavy atom. The zero-order valence-corrected chi connectivity index (χ0v) is 13.8. The lowest BCUT2D eigenvalue weighted by Crippen LogP contribution is -1.96. The summed E-state index contributed by atoms with van der Waals surface area (Å²) in [7, 11) is 0. The maximum absolute atomic E-state index is 8.63. The average molecular weight is 413 g/mol. The molecule has 0 radical (unpaired) electrons. The molecule has 0 aliphatic rings. The van der Waals surface area contributed by atoms with Gasteiger partial charge in [0.05, 0.1) is 11.4 Å². The van der Waals surface area contributed by atoms with Gasteiger partial charge in [-0.15, -0.1) is 0 Å². The van der Waals surface area contributed by atoms with Crippen molar-refractivity contribution < 1.29 is 0 Å². The van der Waals surface area contributed by atoms with Gasteiger partial charge in [0.1, 0.15) is 12.1 Å². The third-order valence-corrected chi connectivity index (χ3v) is 3.52. The van der Waals surface area contributed by atoms with Gasteiger partial charge in [-0.25, -0.2) is 9.97 Å². The molecule has 0 saturated carbocycles. The van der Waals surface area contributed by atoms with Gasteiger partial charge >= 0.3 is 0 Å². The number of benzene rings is 1. The molecule has 0 unspecified atom stereocenters. The fraction of sp³-hybridized carbons (Fsp3) is 0. The minimum absolute atomic E-state index is 0.227. The van der Waals surface area contributed by atoms with E-state index in [1.807, 2.05) is 28.9 Å². The minimum Gasteiger partial charge on any atom is -0.289 e. The molecule has 0 atom stereocenters. The number of aromatic nitrogens is 3. The zero-order chi connectivity index (χ0) is 16.2. The van der Waals surface area contributed by atoms with Crippen molar-refractivity contribution in [2.24, 2.45) is 5.10 Å². The van der Waals surface area contributed by atoms with Crippen molar-refractivity contribution in [1.29, 1.82) is 10.5 Å². The highest BCUT2D eigenvalue weighted by Gasteiger charge is 2.05. The van der Waals surface area contributed by atoms with Crippen LogP contribution in [0.5, 0.6) is 0 Å². The number of rotatable bonds is 3. The predicted molar refractivity (Wildman–Crippen MR) is 93.4 cm³/mol. The molecule has 8 heteroatoms. The Balaban J connectivity index is 1.85. The Hall–Kier alpha value is -2.98. The van der Waals surface area contributed by atoms with E-state index in [1.54, 1.807) is 30.5 Å². The summed E-state index contributed by atoms with van der Waals surface area (Å²) in [6.07, 6.45) is 5.63. The molecule has 2 aromatic heterocycles. The largest absolute Gasteiger partial charge is 0.289 e. The first-order chi connectivity index (χ1) is 11.2. The first-order valence-corrected chi connectivity index (χ1v) is 7.52. The van der Waals surface area contributed by atoms with Gasteiger partial charge in [0.15, 0.2) is 0 Å². The van der Waals surface area contributed by atoms with Gasteiger partial charge in [0.2, 0.25) is 11.5 Å². The van der Waals surface area contributed by atoms with Gasteiger partial charge in [-0.05, 0) is 34.7 Å². The molecular formula is C15H8IN7. The minimum atomic E-state index is -0.227. The second kappa shape index (κ2) is 6.42. The summed E-state index contributed by atoms with van der Waals surface area (Å²) < 4.78 is 2.90. The molecule has 110 valence electrons. The zero-order valence-electron chi connectivity index (χ0n) is 11.6. The molecule has 2 heterocycles. The Bertz CT molecular complexity index is 958. The maximum atomic E-state index is 8.63. The van der Waals surface area contributed by atoms with Crippen molar-refractivity contribution in [2.45, 2.75) is 0 Å². The molecule has 0 spiro atoms. The van der Waals surface area contributed by atoms with Gasteiger partial charge in [0.25, 0.3) is 0 Å². The van der Waals surface area contributed by atoms with Crippen molar-refractivity contribution >= 4 is 39.8 Å². The van der Waals surface area contributed by atoms with Crippen molar-refractivity contribution in [3.05, 3.63) is 46.4 Å². The van der Waals surface area contributed by atoms with E-state index in [2.05, 4.69) is 43.1 Å². The topological polar surface area (TPSA) is 102 Å². The Morgan fingerprint density at radius 1 is 1.17 bits per heavy atom. The summed E-state index contributed by atoms with van der Waals surface area (Å²) in [4.78, 5) is 8.73. The first-order valence-electron chi connectivity index (χ1n) is 6.44. The fourth-order valence-corrected chi connectivity index (χ4v) is 2.35. The van der Waals surface area contributed by atoms with E-state index in [9.17, 15) is 0 Å². The number of fused-ring (bicyclic) bond motifs is 1. The number of imidazole rings is 1. The number of halogens is 1.